The fourth-order valence-electron chi connectivity index (χ4n) is 5.40. The summed E-state index contributed by atoms with van der Waals surface area (Å²) in [4.78, 5) is 27.0. The van der Waals surface area contributed by atoms with Gasteiger partial charge in [-0.2, -0.15) is 0 Å². The van der Waals surface area contributed by atoms with E-state index in [1.165, 1.54) is 30.3 Å². The number of nitrogens with zero attached hydrogens (tertiary/aromatic N) is 1. The van der Waals surface area contributed by atoms with Gasteiger partial charge in [0.15, 0.2) is 17.3 Å². The Morgan fingerprint density at radius 3 is 2.42 bits per heavy atom. The first kappa shape index (κ1) is 27.7. The van der Waals surface area contributed by atoms with Gasteiger partial charge in [-0.15, -0.1) is 0 Å². The number of rotatable bonds is 10. The molecule has 0 aliphatic heterocycles. The van der Waals surface area contributed by atoms with Crippen LogP contribution in [0.25, 0.3) is 10.9 Å². The molecule has 1 aliphatic carbocycles. The van der Waals surface area contributed by atoms with Gasteiger partial charge in [0.1, 0.15) is 5.52 Å². The Kier molecular flexibility index (Phi) is 7.85. The van der Waals surface area contributed by atoms with Gasteiger partial charge in [0.25, 0.3) is 10.0 Å². The summed E-state index contributed by atoms with van der Waals surface area (Å²) in [6.07, 6.45) is 0.890. The number of ketones is 1. The molecule has 2 aromatic carbocycles. The predicted molar refractivity (Wildman–Crippen MR) is 141 cm³/mol. The molecule has 0 saturated carbocycles. The van der Waals surface area contributed by atoms with Crippen molar-refractivity contribution in [1.29, 1.82) is 0 Å². The Morgan fingerprint density at radius 1 is 1.11 bits per heavy atom. The molecule has 38 heavy (non-hydrogen) atoms. The smallest absolute Gasteiger partial charge is 0.306 e. The summed E-state index contributed by atoms with van der Waals surface area (Å²) in [7, 11) is -1.28. The van der Waals surface area contributed by atoms with E-state index in [1.807, 2.05) is 6.92 Å². The monoisotopic (exact) mass is 543 g/mol. The molecule has 0 bridgehead atoms. The first-order valence-corrected chi connectivity index (χ1v) is 14.0. The topological polar surface area (TPSA) is 121 Å². The average Bonchev–Trinajstić information content (AvgIpc) is 3.25. The standard InChI is InChI=1S/C28H33NO8S/c1-5-37-23(31)17-28(14-6-16-30)15-13-21-24(27(28)32)20-11-12-22(35-3)26(36-4)25(20)29(21)38(33,34)19-9-7-18(2)8-10-19/h7-12,30H,5-6,13-17H2,1-4H3/t28-/m1/s1. The van der Waals surface area contributed by atoms with Crippen LogP contribution in [-0.2, 0) is 26.0 Å². The second-order valence-electron chi connectivity index (χ2n) is 9.52. The van der Waals surface area contributed by atoms with Crippen LogP contribution in [0.1, 0.15) is 54.2 Å². The lowest BCUT2D eigenvalue weighted by Crippen LogP contribution is -2.39. The molecular weight excluding hydrogens is 510 g/mol. The van der Waals surface area contributed by atoms with E-state index in [0.29, 0.717) is 23.3 Å². The van der Waals surface area contributed by atoms with E-state index in [0.717, 1.165) is 5.56 Å². The molecular formula is C28H33NO8S. The molecule has 204 valence electrons. The lowest BCUT2D eigenvalue weighted by atomic mass is 9.67. The van der Waals surface area contributed by atoms with Gasteiger partial charge < -0.3 is 19.3 Å². The molecule has 10 heteroatoms. The lowest BCUT2D eigenvalue weighted by molar-refractivity contribution is -0.145. The van der Waals surface area contributed by atoms with Crippen LogP contribution in [0, 0.1) is 12.3 Å². The molecule has 1 aliphatic rings. The number of fused-ring (bicyclic) bond motifs is 3. The van der Waals surface area contributed by atoms with Crippen LogP contribution in [0.4, 0.5) is 0 Å². The number of hydrogen-bond acceptors (Lipinski definition) is 8. The van der Waals surface area contributed by atoms with Crippen LogP contribution in [0.15, 0.2) is 41.3 Å². The van der Waals surface area contributed by atoms with Gasteiger partial charge in [-0.3, -0.25) is 9.59 Å². The first-order chi connectivity index (χ1) is 18.1. The lowest BCUT2D eigenvalue weighted by Gasteiger charge is -2.35. The van der Waals surface area contributed by atoms with Crippen molar-refractivity contribution < 1.29 is 37.3 Å². The van der Waals surface area contributed by atoms with E-state index in [9.17, 15) is 23.1 Å². The molecule has 3 aromatic rings. The van der Waals surface area contributed by atoms with Crippen molar-refractivity contribution in [1.82, 2.24) is 3.97 Å². The van der Waals surface area contributed by atoms with Crippen LogP contribution in [0.5, 0.6) is 11.5 Å². The molecule has 0 unspecified atom stereocenters. The highest BCUT2D eigenvalue weighted by Gasteiger charge is 2.47. The van der Waals surface area contributed by atoms with Crippen LogP contribution in [0.2, 0.25) is 0 Å². The van der Waals surface area contributed by atoms with Crippen molar-refractivity contribution in [2.75, 3.05) is 27.4 Å². The fourth-order valence-corrected chi connectivity index (χ4v) is 6.99. The summed E-state index contributed by atoms with van der Waals surface area (Å²) in [5, 5.41) is 9.94. The number of Topliss-reactive ketones (excluding diaryl/α,β-unsaturated/α-hetero) is 1. The molecule has 0 spiro atoms. The molecule has 9 nitrogen and oxygen atoms in total. The van der Waals surface area contributed by atoms with Crippen molar-refractivity contribution in [3.63, 3.8) is 0 Å². The fraction of sp³-hybridized carbons (Fsp3) is 0.429. The quantitative estimate of drug-likeness (QED) is 0.380. The van der Waals surface area contributed by atoms with Crippen LogP contribution < -0.4 is 9.47 Å². The number of carbonyl (C=O) groups is 2. The number of aromatic nitrogens is 1. The summed E-state index contributed by atoms with van der Waals surface area (Å²) in [5.74, 6) is -0.331. The largest absolute Gasteiger partial charge is 0.493 e. The van der Waals surface area contributed by atoms with Crippen molar-refractivity contribution in [3.8, 4) is 11.5 Å². The number of methoxy groups -OCH3 is 2. The number of ether oxygens (including phenoxy) is 3. The minimum Gasteiger partial charge on any atom is -0.493 e. The van der Waals surface area contributed by atoms with E-state index in [2.05, 4.69) is 0 Å². The van der Waals surface area contributed by atoms with Crippen molar-refractivity contribution in [2.45, 2.75) is 50.8 Å². The zero-order valence-corrected chi connectivity index (χ0v) is 22.9. The van der Waals surface area contributed by atoms with Crippen LogP contribution >= 0.6 is 0 Å². The van der Waals surface area contributed by atoms with E-state index >= 15 is 0 Å². The van der Waals surface area contributed by atoms with E-state index in [-0.39, 0.29) is 66.4 Å². The Balaban J connectivity index is 2.03. The Bertz CT molecular complexity index is 1470. The highest BCUT2D eigenvalue weighted by Crippen LogP contribution is 2.49. The number of aryl methyl sites for hydroxylation is 1. The van der Waals surface area contributed by atoms with Gasteiger partial charge in [-0.1, -0.05) is 17.7 Å². The molecule has 4 rings (SSSR count). The van der Waals surface area contributed by atoms with Crippen LogP contribution in [0.3, 0.4) is 0 Å². The maximum absolute atomic E-state index is 14.3. The third-order valence-corrected chi connectivity index (χ3v) is 8.99. The van der Waals surface area contributed by atoms with E-state index < -0.39 is 21.4 Å². The Hall–Kier alpha value is -3.37. The van der Waals surface area contributed by atoms with E-state index in [1.54, 1.807) is 31.2 Å². The SMILES string of the molecule is CCOC(=O)C[C@@]1(CCCO)CCc2c(c3ccc(OC)c(OC)c3n2S(=O)(=O)c2ccc(C)cc2)C1=O. The number of carbonyl (C=O) groups excluding carboxylic acids is 2. The van der Waals surface area contributed by atoms with Crippen molar-refractivity contribution >= 4 is 32.7 Å². The van der Waals surface area contributed by atoms with Crippen molar-refractivity contribution in [3.05, 3.63) is 53.2 Å². The van der Waals surface area contributed by atoms with Gasteiger partial charge >= 0.3 is 5.97 Å². The molecule has 0 amide bonds. The van der Waals surface area contributed by atoms with Gasteiger partial charge in [0.2, 0.25) is 0 Å². The van der Waals surface area contributed by atoms with Gasteiger partial charge in [0.05, 0.1) is 32.1 Å². The summed E-state index contributed by atoms with van der Waals surface area (Å²) >= 11 is 0. The second kappa shape index (κ2) is 10.8. The summed E-state index contributed by atoms with van der Waals surface area (Å²) < 4.78 is 45.7. The molecule has 1 atom stereocenters. The van der Waals surface area contributed by atoms with Gasteiger partial charge in [-0.25, -0.2) is 12.4 Å². The summed E-state index contributed by atoms with van der Waals surface area (Å²) in [6.45, 7) is 3.60. The Morgan fingerprint density at radius 2 is 1.82 bits per heavy atom. The average molecular weight is 544 g/mol. The number of esters is 1. The minimum absolute atomic E-state index is 0.0729. The molecule has 0 radical (unpaired) electrons. The molecule has 1 N–H and O–H groups in total. The highest BCUT2D eigenvalue weighted by atomic mass is 32.2. The van der Waals surface area contributed by atoms with Gasteiger partial charge in [0, 0.05) is 28.7 Å². The number of aliphatic hydroxyl groups is 1. The number of benzene rings is 2. The number of aliphatic hydroxyl groups excluding tert-OH is 1. The first-order valence-electron chi connectivity index (χ1n) is 12.6. The zero-order chi connectivity index (χ0) is 27.7. The molecule has 0 fully saturated rings. The van der Waals surface area contributed by atoms with Gasteiger partial charge in [-0.05, 0) is 63.8 Å². The summed E-state index contributed by atoms with van der Waals surface area (Å²) in [6, 6.07) is 9.79. The van der Waals surface area contributed by atoms with Crippen molar-refractivity contribution in [2.24, 2.45) is 5.41 Å². The third-order valence-electron chi connectivity index (χ3n) is 7.24. The normalized spacial score (nSPS) is 17.3. The predicted octanol–water partition coefficient (Wildman–Crippen LogP) is 4.04. The minimum atomic E-state index is -4.15. The number of hydrogen-bond donors (Lipinski definition) is 1. The van der Waals surface area contributed by atoms with E-state index in [4.69, 9.17) is 14.2 Å². The second-order valence-corrected chi connectivity index (χ2v) is 11.3. The molecule has 1 heterocycles. The maximum atomic E-state index is 14.3. The zero-order valence-electron chi connectivity index (χ0n) is 22.1. The molecule has 0 saturated heterocycles. The van der Waals surface area contributed by atoms with Crippen LogP contribution in [-0.4, -0.2) is 56.7 Å². The maximum Gasteiger partial charge on any atom is 0.306 e. The third kappa shape index (κ3) is 4.56. The summed E-state index contributed by atoms with van der Waals surface area (Å²) in [5.41, 5.74) is 0.568. The molecule has 1 aromatic heterocycles. The Labute approximate surface area is 222 Å². The highest BCUT2D eigenvalue weighted by molar-refractivity contribution is 7.90.